The lowest BCUT2D eigenvalue weighted by molar-refractivity contribution is -0.144. The van der Waals surface area contributed by atoms with Gasteiger partial charge in [0.15, 0.2) is 0 Å². The number of nitrogens with zero attached hydrogens (tertiary/aromatic N) is 1. The number of nitrogens with one attached hydrogen (secondary N) is 2. The highest BCUT2D eigenvalue weighted by molar-refractivity contribution is 6.39. The van der Waals surface area contributed by atoms with Gasteiger partial charge in [0.1, 0.15) is 0 Å². The first-order valence-corrected chi connectivity index (χ1v) is 8.34. The number of amides is 3. The SMILES string of the molecule is Cc1ccc(NC(=O)C(=O)N2CCCC(NC(=O)C(C)C)C2)cc1. The van der Waals surface area contributed by atoms with E-state index in [4.69, 9.17) is 0 Å². The Bertz CT molecular complexity index is 610. The maximum Gasteiger partial charge on any atom is 0.313 e. The first-order chi connectivity index (χ1) is 11.4. The zero-order chi connectivity index (χ0) is 17.7. The molecule has 1 atom stereocenters. The highest BCUT2D eigenvalue weighted by Gasteiger charge is 2.28. The van der Waals surface area contributed by atoms with Crippen molar-refractivity contribution in [3.8, 4) is 0 Å². The van der Waals surface area contributed by atoms with E-state index in [1.165, 1.54) is 4.90 Å². The number of rotatable bonds is 3. The van der Waals surface area contributed by atoms with Crippen LogP contribution in [0, 0.1) is 12.8 Å². The zero-order valence-corrected chi connectivity index (χ0v) is 14.5. The minimum absolute atomic E-state index is 0.0293. The van der Waals surface area contributed by atoms with Crippen LogP contribution in [0.15, 0.2) is 24.3 Å². The van der Waals surface area contributed by atoms with Crippen molar-refractivity contribution in [1.82, 2.24) is 10.2 Å². The number of aryl methyl sites for hydroxylation is 1. The third-order valence-electron chi connectivity index (χ3n) is 4.08. The van der Waals surface area contributed by atoms with E-state index < -0.39 is 11.8 Å². The molecule has 1 fully saturated rings. The van der Waals surface area contributed by atoms with Crippen LogP contribution < -0.4 is 10.6 Å². The van der Waals surface area contributed by atoms with Crippen molar-refractivity contribution < 1.29 is 14.4 Å². The molecule has 0 bridgehead atoms. The topological polar surface area (TPSA) is 78.5 Å². The summed E-state index contributed by atoms with van der Waals surface area (Å²) in [6.07, 6.45) is 1.59. The monoisotopic (exact) mass is 331 g/mol. The Kier molecular flexibility index (Phi) is 5.95. The van der Waals surface area contributed by atoms with Gasteiger partial charge in [-0.2, -0.15) is 0 Å². The van der Waals surface area contributed by atoms with Crippen LogP contribution >= 0.6 is 0 Å². The molecular formula is C18H25N3O3. The van der Waals surface area contributed by atoms with Crippen molar-refractivity contribution in [3.63, 3.8) is 0 Å². The minimum atomic E-state index is -0.644. The maximum atomic E-state index is 12.3. The van der Waals surface area contributed by atoms with Gasteiger partial charge in [-0.25, -0.2) is 0 Å². The lowest BCUT2D eigenvalue weighted by Crippen LogP contribution is -2.52. The van der Waals surface area contributed by atoms with Crippen LogP contribution in [0.3, 0.4) is 0 Å². The first-order valence-electron chi connectivity index (χ1n) is 8.34. The number of hydrogen-bond acceptors (Lipinski definition) is 3. The number of benzene rings is 1. The van der Waals surface area contributed by atoms with Gasteiger partial charge < -0.3 is 15.5 Å². The van der Waals surface area contributed by atoms with E-state index in [0.29, 0.717) is 18.8 Å². The molecule has 1 saturated heterocycles. The molecule has 2 N–H and O–H groups in total. The minimum Gasteiger partial charge on any atom is -0.351 e. The largest absolute Gasteiger partial charge is 0.351 e. The Hall–Kier alpha value is -2.37. The highest BCUT2D eigenvalue weighted by Crippen LogP contribution is 2.13. The summed E-state index contributed by atoms with van der Waals surface area (Å²) in [5.74, 6) is -1.33. The van der Waals surface area contributed by atoms with Crippen molar-refractivity contribution in [2.75, 3.05) is 18.4 Å². The predicted molar refractivity (Wildman–Crippen MR) is 92.4 cm³/mol. The van der Waals surface area contributed by atoms with Gasteiger partial charge in [-0.05, 0) is 31.9 Å². The fraction of sp³-hybridized carbons (Fsp3) is 0.500. The molecule has 3 amide bonds. The molecule has 1 aromatic rings. The number of hydrogen-bond donors (Lipinski definition) is 2. The van der Waals surface area contributed by atoms with Gasteiger partial charge in [0.25, 0.3) is 0 Å². The predicted octanol–water partition coefficient (Wildman–Crippen LogP) is 1.70. The molecule has 1 aromatic carbocycles. The number of likely N-dealkylation sites (tertiary alicyclic amines) is 1. The average molecular weight is 331 g/mol. The van der Waals surface area contributed by atoms with Gasteiger partial charge in [-0.1, -0.05) is 31.5 Å². The molecule has 6 nitrogen and oxygen atoms in total. The van der Waals surface area contributed by atoms with Crippen LogP contribution in [-0.2, 0) is 14.4 Å². The summed E-state index contributed by atoms with van der Waals surface area (Å²) in [6, 6.07) is 7.19. The molecule has 1 aliphatic rings. The van der Waals surface area contributed by atoms with Gasteiger partial charge in [0, 0.05) is 30.7 Å². The van der Waals surface area contributed by atoms with Gasteiger partial charge in [-0.15, -0.1) is 0 Å². The summed E-state index contributed by atoms with van der Waals surface area (Å²) < 4.78 is 0. The molecule has 2 rings (SSSR count). The Balaban J connectivity index is 1.92. The van der Waals surface area contributed by atoms with Crippen molar-refractivity contribution in [1.29, 1.82) is 0 Å². The van der Waals surface area contributed by atoms with Crippen LogP contribution in [0.4, 0.5) is 5.69 Å². The molecule has 0 aliphatic carbocycles. The second kappa shape index (κ2) is 7.95. The van der Waals surface area contributed by atoms with E-state index in [2.05, 4.69) is 10.6 Å². The third-order valence-corrected chi connectivity index (χ3v) is 4.08. The molecule has 1 aliphatic heterocycles. The Morgan fingerprint density at radius 3 is 2.46 bits per heavy atom. The number of carbonyl (C=O) groups excluding carboxylic acids is 3. The molecule has 6 heteroatoms. The average Bonchev–Trinajstić information content (AvgIpc) is 2.56. The smallest absolute Gasteiger partial charge is 0.313 e. The first kappa shape index (κ1) is 18.0. The molecule has 1 heterocycles. The van der Waals surface area contributed by atoms with Crippen LogP contribution in [0.1, 0.15) is 32.3 Å². The van der Waals surface area contributed by atoms with Crippen molar-refractivity contribution >= 4 is 23.4 Å². The number of piperidine rings is 1. The molecule has 130 valence electrons. The molecule has 0 radical (unpaired) electrons. The lowest BCUT2D eigenvalue weighted by Gasteiger charge is -2.33. The van der Waals surface area contributed by atoms with Gasteiger partial charge >= 0.3 is 11.8 Å². The second-order valence-electron chi connectivity index (χ2n) is 6.57. The standard InChI is InChI=1S/C18H25N3O3/c1-12(2)16(22)20-15-5-4-10-21(11-15)18(24)17(23)19-14-8-6-13(3)7-9-14/h6-9,12,15H,4-5,10-11H2,1-3H3,(H,19,23)(H,20,22). The van der Waals surface area contributed by atoms with Gasteiger partial charge in [0.2, 0.25) is 5.91 Å². The highest BCUT2D eigenvalue weighted by atomic mass is 16.2. The summed E-state index contributed by atoms with van der Waals surface area (Å²) in [5.41, 5.74) is 1.68. The van der Waals surface area contributed by atoms with Crippen LogP contribution in [-0.4, -0.2) is 41.8 Å². The van der Waals surface area contributed by atoms with E-state index in [1.807, 2.05) is 32.9 Å². The normalized spacial score (nSPS) is 17.5. The van der Waals surface area contributed by atoms with Crippen LogP contribution in [0.2, 0.25) is 0 Å². The van der Waals surface area contributed by atoms with E-state index >= 15 is 0 Å². The third kappa shape index (κ3) is 4.81. The summed E-state index contributed by atoms with van der Waals surface area (Å²) >= 11 is 0. The fourth-order valence-corrected chi connectivity index (χ4v) is 2.61. The Morgan fingerprint density at radius 1 is 1.17 bits per heavy atom. The maximum absolute atomic E-state index is 12.3. The molecular weight excluding hydrogens is 306 g/mol. The zero-order valence-electron chi connectivity index (χ0n) is 14.5. The summed E-state index contributed by atoms with van der Waals surface area (Å²) in [4.78, 5) is 37.8. The van der Waals surface area contributed by atoms with E-state index in [9.17, 15) is 14.4 Å². The number of anilines is 1. The summed E-state index contributed by atoms with van der Waals surface area (Å²) in [6.45, 7) is 6.52. The van der Waals surface area contributed by atoms with E-state index in [0.717, 1.165) is 18.4 Å². The Morgan fingerprint density at radius 2 is 1.83 bits per heavy atom. The fourth-order valence-electron chi connectivity index (χ4n) is 2.61. The molecule has 1 unspecified atom stereocenters. The van der Waals surface area contributed by atoms with Gasteiger partial charge in [-0.3, -0.25) is 14.4 Å². The quantitative estimate of drug-likeness (QED) is 0.828. The second-order valence-corrected chi connectivity index (χ2v) is 6.57. The number of carbonyl (C=O) groups is 3. The van der Waals surface area contributed by atoms with E-state index in [1.54, 1.807) is 12.1 Å². The Labute approximate surface area is 142 Å². The van der Waals surface area contributed by atoms with Crippen LogP contribution in [0.25, 0.3) is 0 Å². The van der Waals surface area contributed by atoms with Crippen molar-refractivity contribution in [3.05, 3.63) is 29.8 Å². The van der Waals surface area contributed by atoms with Gasteiger partial charge in [0.05, 0.1) is 0 Å². The van der Waals surface area contributed by atoms with Crippen molar-refractivity contribution in [2.45, 2.75) is 39.7 Å². The summed E-state index contributed by atoms with van der Waals surface area (Å²) in [5, 5.41) is 5.56. The van der Waals surface area contributed by atoms with Crippen molar-refractivity contribution in [2.24, 2.45) is 5.92 Å². The summed E-state index contributed by atoms with van der Waals surface area (Å²) in [7, 11) is 0. The van der Waals surface area contributed by atoms with E-state index in [-0.39, 0.29) is 17.9 Å². The molecule has 0 aromatic heterocycles. The molecule has 0 spiro atoms. The lowest BCUT2D eigenvalue weighted by atomic mass is 10.0. The molecule has 24 heavy (non-hydrogen) atoms. The van der Waals surface area contributed by atoms with Crippen LogP contribution in [0.5, 0.6) is 0 Å². The molecule has 0 saturated carbocycles.